The van der Waals surface area contributed by atoms with Crippen LogP contribution in [0.25, 0.3) is 11.0 Å². The fourth-order valence-electron chi connectivity index (χ4n) is 3.33. The molecule has 0 N–H and O–H groups in total. The van der Waals surface area contributed by atoms with Crippen molar-refractivity contribution in [3.8, 4) is 0 Å². The molecule has 1 atom stereocenters. The molecule has 0 bridgehead atoms. The molecule has 4 rings (SSSR count). The first-order valence-corrected chi connectivity index (χ1v) is 8.11. The molecule has 0 aliphatic carbocycles. The Balaban J connectivity index is 1.66. The Morgan fingerprint density at radius 3 is 2.58 bits per heavy atom. The van der Waals surface area contributed by atoms with E-state index in [1.807, 2.05) is 32.0 Å². The number of hydrogen-bond donors (Lipinski definition) is 0. The molecule has 3 aromatic rings. The molecule has 4 heteroatoms. The molecule has 1 aliphatic heterocycles. The average Bonchev–Trinajstić information content (AvgIpc) is 2.84. The number of carbonyl (C=O) groups is 1. The third-order valence-electron chi connectivity index (χ3n) is 4.82. The zero-order valence-electron chi connectivity index (χ0n) is 13.7. The molecule has 0 radical (unpaired) electrons. The Hall–Kier alpha value is -2.62. The first-order chi connectivity index (χ1) is 11.5. The van der Waals surface area contributed by atoms with Crippen molar-refractivity contribution in [2.75, 3.05) is 6.54 Å². The van der Waals surface area contributed by atoms with Crippen LogP contribution >= 0.6 is 0 Å². The molecular formula is C20H18FNO2. The Kier molecular flexibility index (Phi) is 3.41. The number of benzene rings is 2. The maximum Gasteiger partial charge on any atom is 0.290 e. The third-order valence-corrected chi connectivity index (χ3v) is 4.82. The van der Waals surface area contributed by atoms with Gasteiger partial charge >= 0.3 is 0 Å². The highest BCUT2D eigenvalue weighted by atomic mass is 19.1. The summed E-state index contributed by atoms with van der Waals surface area (Å²) < 4.78 is 19.0. The highest BCUT2D eigenvalue weighted by Gasteiger charge is 2.36. The SMILES string of the molecule is Cc1ccc2c(C)c(C(=O)N3CCC3c3ccc(F)cc3)oc2c1. The normalized spacial score (nSPS) is 17.1. The minimum Gasteiger partial charge on any atom is -0.451 e. The molecule has 3 nitrogen and oxygen atoms in total. The van der Waals surface area contributed by atoms with Crippen molar-refractivity contribution in [3.63, 3.8) is 0 Å². The maximum atomic E-state index is 13.1. The summed E-state index contributed by atoms with van der Waals surface area (Å²) in [5, 5.41) is 0.975. The summed E-state index contributed by atoms with van der Waals surface area (Å²) in [6.45, 7) is 4.61. The van der Waals surface area contributed by atoms with E-state index in [9.17, 15) is 9.18 Å². The van der Waals surface area contributed by atoms with Crippen molar-refractivity contribution >= 4 is 16.9 Å². The number of furan rings is 1. The van der Waals surface area contributed by atoms with Crippen molar-refractivity contribution in [1.82, 2.24) is 4.90 Å². The summed E-state index contributed by atoms with van der Waals surface area (Å²) in [4.78, 5) is 14.7. The van der Waals surface area contributed by atoms with Gasteiger partial charge in [0, 0.05) is 17.5 Å². The van der Waals surface area contributed by atoms with Crippen LogP contribution in [0.2, 0.25) is 0 Å². The predicted octanol–water partition coefficient (Wildman–Crippen LogP) is 4.78. The van der Waals surface area contributed by atoms with Crippen molar-refractivity contribution in [2.45, 2.75) is 26.3 Å². The van der Waals surface area contributed by atoms with Gasteiger partial charge in [-0.25, -0.2) is 4.39 Å². The summed E-state index contributed by atoms with van der Waals surface area (Å²) in [6.07, 6.45) is 0.885. The number of amides is 1. The summed E-state index contributed by atoms with van der Waals surface area (Å²) in [6, 6.07) is 12.3. The van der Waals surface area contributed by atoms with E-state index in [1.165, 1.54) is 12.1 Å². The predicted molar refractivity (Wildman–Crippen MR) is 90.5 cm³/mol. The van der Waals surface area contributed by atoms with Crippen molar-refractivity contribution < 1.29 is 13.6 Å². The minimum atomic E-state index is -0.264. The smallest absolute Gasteiger partial charge is 0.290 e. The van der Waals surface area contributed by atoms with E-state index in [0.717, 1.165) is 34.1 Å². The van der Waals surface area contributed by atoms with E-state index in [2.05, 4.69) is 0 Å². The van der Waals surface area contributed by atoms with Crippen molar-refractivity contribution in [1.29, 1.82) is 0 Å². The highest BCUT2D eigenvalue weighted by Crippen LogP contribution is 2.36. The van der Waals surface area contributed by atoms with Crippen LogP contribution in [-0.4, -0.2) is 17.4 Å². The molecule has 1 fully saturated rings. The van der Waals surface area contributed by atoms with Crippen LogP contribution in [0.15, 0.2) is 46.9 Å². The van der Waals surface area contributed by atoms with E-state index in [1.54, 1.807) is 17.0 Å². The van der Waals surface area contributed by atoms with Gasteiger partial charge in [0.1, 0.15) is 11.4 Å². The largest absolute Gasteiger partial charge is 0.451 e. The number of rotatable bonds is 2. The van der Waals surface area contributed by atoms with E-state index < -0.39 is 0 Å². The first-order valence-electron chi connectivity index (χ1n) is 8.11. The van der Waals surface area contributed by atoms with Gasteiger partial charge in [0.15, 0.2) is 5.76 Å². The van der Waals surface area contributed by atoms with Crippen LogP contribution in [-0.2, 0) is 0 Å². The molecule has 122 valence electrons. The summed E-state index contributed by atoms with van der Waals surface area (Å²) in [5.74, 6) is 0.0452. The minimum absolute atomic E-state index is 0.00699. The monoisotopic (exact) mass is 323 g/mol. The summed E-state index contributed by atoms with van der Waals surface area (Å²) >= 11 is 0. The lowest BCUT2D eigenvalue weighted by Crippen LogP contribution is -2.45. The first kappa shape index (κ1) is 14.9. The van der Waals surface area contributed by atoms with E-state index in [0.29, 0.717) is 12.3 Å². The summed E-state index contributed by atoms with van der Waals surface area (Å²) in [5.41, 5.74) is 3.68. The number of hydrogen-bond acceptors (Lipinski definition) is 2. The van der Waals surface area contributed by atoms with E-state index >= 15 is 0 Å². The topological polar surface area (TPSA) is 33.5 Å². The molecule has 1 aliphatic rings. The zero-order chi connectivity index (χ0) is 16.8. The van der Waals surface area contributed by atoms with E-state index in [-0.39, 0.29) is 17.8 Å². The number of aryl methyl sites for hydroxylation is 2. The Bertz CT molecular complexity index is 927. The molecule has 1 saturated heterocycles. The van der Waals surface area contributed by atoms with Crippen LogP contribution < -0.4 is 0 Å². The second-order valence-electron chi connectivity index (χ2n) is 6.41. The highest BCUT2D eigenvalue weighted by molar-refractivity contribution is 5.99. The number of carbonyl (C=O) groups excluding carboxylic acids is 1. The molecule has 24 heavy (non-hydrogen) atoms. The maximum absolute atomic E-state index is 13.1. The van der Waals surface area contributed by atoms with Gasteiger partial charge in [-0.15, -0.1) is 0 Å². The van der Waals surface area contributed by atoms with Gasteiger partial charge in [-0.05, 0) is 49.6 Å². The molecular weight excluding hydrogens is 305 g/mol. The third kappa shape index (κ3) is 2.30. The van der Waals surface area contributed by atoms with Crippen LogP contribution in [0.4, 0.5) is 4.39 Å². The standard InChI is InChI=1S/C20H18FNO2/c1-12-3-8-16-13(2)19(24-18(16)11-12)20(23)22-10-9-17(22)14-4-6-15(21)7-5-14/h3-8,11,17H,9-10H2,1-2H3. The number of halogens is 1. The van der Waals surface area contributed by atoms with Gasteiger partial charge < -0.3 is 9.32 Å². The molecule has 1 unspecified atom stereocenters. The molecule has 1 aromatic heterocycles. The molecule has 1 amide bonds. The van der Waals surface area contributed by atoms with Crippen LogP contribution in [0.3, 0.4) is 0 Å². The van der Waals surface area contributed by atoms with Crippen LogP contribution in [0.1, 0.15) is 39.7 Å². The fourth-order valence-corrected chi connectivity index (χ4v) is 3.33. The Morgan fingerprint density at radius 1 is 1.17 bits per heavy atom. The van der Waals surface area contributed by atoms with Crippen LogP contribution in [0.5, 0.6) is 0 Å². The van der Waals surface area contributed by atoms with Crippen LogP contribution in [0, 0.1) is 19.7 Å². The number of nitrogens with zero attached hydrogens (tertiary/aromatic N) is 1. The lowest BCUT2D eigenvalue weighted by atomic mass is 9.94. The van der Waals surface area contributed by atoms with Gasteiger partial charge in [-0.1, -0.05) is 24.3 Å². The van der Waals surface area contributed by atoms with Gasteiger partial charge in [-0.3, -0.25) is 4.79 Å². The summed E-state index contributed by atoms with van der Waals surface area (Å²) in [7, 11) is 0. The molecule has 2 aromatic carbocycles. The van der Waals surface area contributed by atoms with Crippen molar-refractivity contribution in [3.05, 3.63) is 70.7 Å². The Morgan fingerprint density at radius 2 is 1.92 bits per heavy atom. The van der Waals surface area contributed by atoms with Gasteiger partial charge in [0.05, 0.1) is 6.04 Å². The second-order valence-corrected chi connectivity index (χ2v) is 6.41. The van der Waals surface area contributed by atoms with Gasteiger partial charge in [0.25, 0.3) is 5.91 Å². The molecule has 0 spiro atoms. The van der Waals surface area contributed by atoms with Crippen molar-refractivity contribution in [2.24, 2.45) is 0 Å². The Labute approximate surface area is 139 Å². The lowest BCUT2D eigenvalue weighted by molar-refractivity contribution is 0.0429. The zero-order valence-corrected chi connectivity index (χ0v) is 13.7. The second kappa shape index (κ2) is 5.48. The molecule has 0 saturated carbocycles. The lowest BCUT2D eigenvalue weighted by Gasteiger charge is -2.41. The average molecular weight is 323 g/mol. The number of fused-ring (bicyclic) bond motifs is 1. The van der Waals surface area contributed by atoms with Gasteiger partial charge in [-0.2, -0.15) is 0 Å². The van der Waals surface area contributed by atoms with Gasteiger partial charge in [0.2, 0.25) is 0 Å². The quantitative estimate of drug-likeness (QED) is 0.680. The fraction of sp³-hybridized carbons (Fsp3) is 0.250. The number of likely N-dealkylation sites (tertiary alicyclic amines) is 1. The van der Waals surface area contributed by atoms with E-state index in [4.69, 9.17) is 4.42 Å². The molecule has 2 heterocycles.